The van der Waals surface area contributed by atoms with Crippen molar-refractivity contribution in [1.29, 1.82) is 0 Å². The van der Waals surface area contributed by atoms with Gasteiger partial charge in [0.1, 0.15) is 5.15 Å². The van der Waals surface area contributed by atoms with Gasteiger partial charge in [-0.1, -0.05) is 25.4 Å². The van der Waals surface area contributed by atoms with Gasteiger partial charge in [-0.3, -0.25) is 0 Å². The second-order valence-electron chi connectivity index (χ2n) is 2.68. The van der Waals surface area contributed by atoms with Crippen LogP contribution < -0.4 is 0 Å². The van der Waals surface area contributed by atoms with Crippen LogP contribution in [0.2, 0.25) is 5.15 Å². The van der Waals surface area contributed by atoms with Gasteiger partial charge >= 0.3 is 0 Å². The third-order valence-electron chi connectivity index (χ3n) is 1.47. The topological polar surface area (TPSA) is 12.9 Å². The standard InChI is InChI=1S/C8H9BrClN/c1-5(2)6-3-8(10)11-4-7(6)9/h3-5H,1-2H3. The zero-order valence-electron chi connectivity index (χ0n) is 6.44. The van der Waals surface area contributed by atoms with Crippen LogP contribution in [0.3, 0.4) is 0 Å². The van der Waals surface area contributed by atoms with Crippen molar-refractivity contribution in [1.82, 2.24) is 4.98 Å². The van der Waals surface area contributed by atoms with Crippen LogP contribution in [0.5, 0.6) is 0 Å². The molecule has 0 unspecified atom stereocenters. The van der Waals surface area contributed by atoms with Crippen LogP contribution in [0, 0.1) is 0 Å². The van der Waals surface area contributed by atoms with E-state index in [-0.39, 0.29) is 0 Å². The molecule has 0 aliphatic heterocycles. The molecule has 3 heteroatoms. The van der Waals surface area contributed by atoms with Crippen molar-refractivity contribution >= 4 is 27.5 Å². The van der Waals surface area contributed by atoms with E-state index in [1.54, 1.807) is 6.20 Å². The molecule has 0 spiro atoms. The molecule has 0 N–H and O–H groups in total. The fourth-order valence-corrected chi connectivity index (χ4v) is 1.71. The van der Waals surface area contributed by atoms with E-state index in [1.807, 2.05) is 6.07 Å². The average Bonchev–Trinajstić information content (AvgIpc) is 1.94. The van der Waals surface area contributed by atoms with Gasteiger partial charge in [0.05, 0.1) is 0 Å². The van der Waals surface area contributed by atoms with Gasteiger partial charge in [-0.15, -0.1) is 0 Å². The van der Waals surface area contributed by atoms with Crippen LogP contribution in [-0.2, 0) is 0 Å². The molecular weight excluding hydrogens is 225 g/mol. The largest absolute Gasteiger partial charge is 0.243 e. The molecule has 0 aliphatic carbocycles. The maximum absolute atomic E-state index is 5.73. The van der Waals surface area contributed by atoms with Crippen LogP contribution in [0.15, 0.2) is 16.7 Å². The summed E-state index contributed by atoms with van der Waals surface area (Å²) in [4.78, 5) is 3.94. The minimum atomic E-state index is 0.477. The first-order chi connectivity index (χ1) is 5.11. The molecule has 0 fully saturated rings. The summed E-state index contributed by atoms with van der Waals surface area (Å²) in [6.45, 7) is 4.24. The molecule has 0 bridgehead atoms. The maximum atomic E-state index is 5.73. The summed E-state index contributed by atoms with van der Waals surface area (Å²) in [7, 11) is 0. The van der Waals surface area contributed by atoms with Gasteiger partial charge < -0.3 is 0 Å². The van der Waals surface area contributed by atoms with Crippen molar-refractivity contribution in [2.45, 2.75) is 19.8 Å². The Hall–Kier alpha value is -0.0800. The Morgan fingerprint density at radius 3 is 2.64 bits per heavy atom. The van der Waals surface area contributed by atoms with Crippen molar-refractivity contribution in [2.24, 2.45) is 0 Å². The second-order valence-corrected chi connectivity index (χ2v) is 3.92. The highest BCUT2D eigenvalue weighted by Gasteiger charge is 2.04. The maximum Gasteiger partial charge on any atom is 0.129 e. The Labute approximate surface area is 79.9 Å². The summed E-state index contributed by atoms with van der Waals surface area (Å²) in [5, 5.41) is 0.553. The Morgan fingerprint density at radius 1 is 1.55 bits per heavy atom. The molecular formula is C8H9BrClN. The molecule has 60 valence electrons. The van der Waals surface area contributed by atoms with Crippen molar-refractivity contribution in [2.75, 3.05) is 0 Å². The Morgan fingerprint density at radius 2 is 2.18 bits per heavy atom. The summed E-state index contributed by atoms with van der Waals surface area (Å²) < 4.78 is 1.02. The quantitative estimate of drug-likeness (QED) is 0.676. The Balaban J connectivity index is 3.13. The van der Waals surface area contributed by atoms with Crippen molar-refractivity contribution in [3.8, 4) is 0 Å². The number of rotatable bonds is 1. The van der Waals surface area contributed by atoms with Crippen molar-refractivity contribution in [3.63, 3.8) is 0 Å². The molecule has 0 radical (unpaired) electrons. The summed E-state index contributed by atoms with van der Waals surface area (Å²) in [5.41, 5.74) is 1.20. The SMILES string of the molecule is CC(C)c1cc(Cl)ncc1Br. The van der Waals surface area contributed by atoms with E-state index in [9.17, 15) is 0 Å². The third-order valence-corrected chi connectivity index (χ3v) is 2.34. The number of aromatic nitrogens is 1. The van der Waals surface area contributed by atoms with Crippen molar-refractivity contribution < 1.29 is 0 Å². The smallest absolute Gasteiger partial charge is 0.129 e. The van der Waals surface area contributed by atoms with Crippen LogP contribution in [-0.4, -0.2) is 4.98 Å². The van der Waals surface area contributed by atoms with Crippen molar-refractivity contribution in [3.05, 3.63) is 27.5 Å². The van der Waals surface area contributed by atoms with Gasteiger partial charge in [0, 0.05) is 10.7 Å². The lowest BCUT2D eigenvalue weighted by molar-refractivity contribution is 0.856. The van der Waals surface area contributed by atoms with E-state index >= 15 is 0 Å². The highest BCUT2D eigenvalue weighted by molar-refractivity contribution is 9.10. The molecule has 0 aromatic carbocycles. The van der Waals surface area contributed by atoms with Crippen LogP contribution in [0.1, 0.15) is 25.3 Å². The van der Waals surface area contributed by atoms with E-state index in [1.165, 1.54) is 5.56 Å². The third kappa shape index (κ3) is 2.17. The molecule has 1 aromatic heterocycles. The summed E-state index contributed by atoms with van der Waals surface area (Å²) in [6, 6.07) is 1.89. The number of halogens is 2. The highest BCUT2D eigenvalue weighted by Crippen LogP contribution is 2.25. The van der Waals surface area contributed by atoms with E-state index in [4.69, 9.17) is 11.6 Å². The number of hydrogen-bond acceptors (Lipinski definition) is 1. The molecule has 0 saturated carbocycles. The first-order valence-corrected chi connectivity index (χ1v) is 4.59. The minimum Gasteiger partial charge on any atom is -0.243 e. The summed E-state index contributed by atoms with van der Waals surface area (Å²) in [6.07, 6.45) is 1.73. The highest BCUT2D eigenvalue weighted by atomic mass is 79.9. The predicted molar refractivity (Wildman–Crippen MR) is 51.0 cm³/mol. The zero-order valence-corrected chi connectivity index (χ0v) is 8.78. The first kappa shape index (κ1) is 9.01. The van der Waals surface area contributed by atoms with Gasteiger partial charge in [-0.2, -0.15) is 0 Å². The molecule has 1 nitrogen and oxygen atoms in total. The van der Waals surface area contributed by atoms with E-state index < -0.39 is 0 Å². The lowest BCUT2D eigenvalue weighted by Gasteiger charge is -2.06. The fourth-order valence-electron chi connectivity index (χ4n) is 0.870. The molecule has 1 aromatic rings. The Kier molecular flexibility index (Phi) is 2.90. The minimum absolute atomic E-state index is 0.477. The van der Waals surface area contributed by atoms with Gasteiger partial charge in [0.2, 0.25) is 0 Å². The van der Waals surface area contributed by atoms with Crippen LogP contribution in [0.25, 0.3) is 0 Å². The van der Waals surface area contributed by atoms with Gasteiger partial charge in [0.15, 0.2) is 0 Å². The average molecular weight is 235 g/mol. The predicted octanol–water partition coefficient (Wildman–Crippen LogP) is 3.62. The molecule has 0 saturated heterocycles. The lowest BCUT2D eigenvalue weighted by Crippen LogP contribution is -1.90. The molecule has 0 aliphatic rings. The fraction of sp³-hybridized carbons (Fsp3) is 0.375. The molecule has 1 heterocycles. The zero-order chi connectivity index (χ0) is 8.43. The molecule has 0 amide bonds. The lowest BCUT2D eigenvalue weighted by atomic mass is 10.1. The van der Waals surface area contributed by atoms with Gasteiger partial charge in [-0.05, 0) is 33.5 Å². The molecule has 1 rings (SSSR count). The Bertz CT molecular complexity index is 260. The van der Waals surface area contributed by atoms with Gasteiger partial charge in [-0.25, -0.2) is 4.98 Å². The number of nitrogens with zero attached hydrogens (tertiary/aromatic N) is 1. The normalized spacial score (nSPS) is 10.6. The monoisotopic (exact) mass is 233 g/mol. The first-order valence-electron chi connectivity index (χ1n) is 3.42. The number of pyridine rings is 1. The van der Waals surface area contributed by atoms with E-state index in [2.05, 4.69) is 34.8 Å². The van der Waals surface area contributed by atoms with Gasteiger partial charge in [0.25, 0.3) is 0 Å². The summed E-state index contributed by atoms with van der Waals surface area (Å²) >= 11 is 9.14. The van der Waals surface area contributed by atoms with E-state index in [0.29, 0.717) is 11.1 Å². The van der Waals surface area contributed by atoms with Crippen LogP contribution >= 0.6 is 27.5 Å². The van der Waals surface area contributed by atoms with E-state index in [0.717, 1.165) is 4.47 Å². The van der Waals surface area contributed by atoms with Crippen LogP contribution in [0.4, 0.5) is 0 Å². The number of hydrogen-bond donors (Lipinski definition) is 0. The second kappa shape index (κ2) is 3.55. The molecule has 0 atom stereocenters. The summed E-state index contributed by atoms with van der Waals surface area (Å²) in [5.74, 6) is 0.477. The molecule has 11 heavy (non-hydrogen) atoms.